The smallest absolute Gasteiger partial charge is 0.408 e. The van der Waals surface area contributed by atoms with Crippen molar-refractivity contribution < 1.29 is 19.1 Å². The molecule has 0 fully saturated rings. The Hall–Kier alpha value is -3.95. The van der Waals surface area contributed by atoms with Crippen molar-refractivity contribution in [3.63, 3.8) is 0 Å². The molecule has 0 aliphatic rings. The molecule has 2 N–H and O–H groups in total. The van der Waals surface area contributed by atoms with Crippen LogP contribution in [0, 0.1) is 37.5 Å². The second kappa shape index (κ2) is 12.8. The number of hydrogen-bond acceptors (Lipinski definition) is 6. The highest BCUT2D eigenvalue weighted by Gasteiger charge is 2.36. The van der Waals surface area contributed by atoms with E-state index in [1.165, 1.54) is 0 Å². The molecular formula is C28H32N4O4S. The molecule has 2 atom stereocenters. The molecule has 194 valence electrons. The summed E-state index contributed by atoms with van der Waals surface area (Å²) in [5.41, 5.74) is 2.55. The molecule has 0 saturated carbocycles. The zero-order chi connectivity index (χ0) is 27.8. The van der Waals surface area contributed by atoms with E-state index in [2.05, 4.69) is 29.2 Å². The van der Waals surface area contributed by atoms with E-state index in [0.29, 0.717) is 16.8 Å². The molecule has 2 aromatic carbocycles. The molecule has 8 nitrogen and oxygen atoms in total. The Morgan fingerprint density at radius 1 is 1.11 bits per heavy atom. The van der Waals surface area contributed by atoms with E-state index >= 15 is 0 Å². The molecule has 0 radical (unpaired) electrons. The third kappa shape index (κ3) is 8.03. The summed E-state index contributed by atoms with van der Waals surface area (Å²) >= 11 is 4.22. The summed E-state index contributed by atoms with van der Waals surface area (Å²) in [6.07, 6.45) is 4.66. The number of nitrogens with zero attached hydrogens (tertiary/aromatic N) is 2. The van der Waals surface area contributed by atoms with Gasteiger partial charge in [-0.05, 0) is 63.4 Å². The molecule has 0 spiro atoms. The summed E-state index contributed by atoms with van der Waals surface area (Å²) in [5, 5.41) is 15.0. The lowest BCUT2D eigenvalue weighted by Gasteiger charge is -2.32. The lowest BCUT2D eigenvalue weighted by molar-refractivity contribution is -0.139. The van der Waals surface area contributed by atoms with Crippen molar-refractivity contribution in [3.8, 4) is 18.4 Å². The topological polar surface area (TPSA) is 112 Å². The number of nitrogens with one attached hydrogen (secondary N) is 2. The Bertz CT molecular complexity index is 1200. The maximum atomic E-state index is 13.7. The fourth-order valence-electron chi connectivity index (χ4n) is 3.65. The third-order valence-electron chi connectivity index (χ3n) is 5.38. The SMILES string of the molecule is C#Cc1ccc(C(C(=O)Nc2c(C)cccc2C)N(CC#N)C(=O)C(CS)NC(=O)OC(C)(C)C)cc1. The van der Waals surface area contributed by atoms with Gasteiger partial charge in [0.25, 0.3) is 5.91 Å². The van der Waals surface area contributed by atoms with E-state index in [9.17, 15) is 19.6 Å². The third-order valence-corrected chi connectivity index (χ3v) is 5.74. The van der Waals surface area contributed by atoms with Gasteiger partial charge in [-0.15, -0.1) is 6.42 Å². The minimum Gasteiger partial charge on any atom is -0.444 e. The predicted octanol–water partition coefficient (Wildman–Crippen LogP) is 4.14. The van der Waals surface area contributed by atoms with Crippen molar-refractivity contribution in [2.24, 2.45) is 0 Å². The average Bonchev–Trinajstić information content (AvgIpc) is 2.83. The summed E-state index contributed by atoms with van der Waals surface area (Å²) in [4.78, 5) is 40.9. The predicted molar refractivity (Wildman–Crippen MR) is 146 cm³/mol. The number of rotatable bonds is 8. The van der Waals surface area contributed by atoms with Crippen molar-refractivity contribution in [3.05, 3.63) is 64.7 Å². The first-order valence-corrected chi connectivity index (χ1v) is 12.3. The maximum absolute atomic E-state index is 13.7. The number of nitriles is 1. The lowest BCUT2D eigenvalue weighted by Crippen LogP contribution is -2.53. The number of para-hydroxylation sites is 1. The first kappa shape index (κ1) is 29.3. The highest BCUT2D eigenvalue weighted by molar-refractivity contribution is 7.80. The fraction of sp³-hybridized carbons (Fsp3) is 0.357. The van der Waals surface area contributed by atoms with Crippen LogP contribution in [0.5, 0.6) is 0 Å². The molecule has 2 aromatic rings. The van der Waals surface area contributed by atoms with Crippen LogP contribution in [0.4, 0.5) is 10.5 Å². The molecule has 0 aliphatic carbocycles. The van der Waals surface area contributed by atoms with Crippen LogP contribution in [0.1, 0.15) is 49.1 Å². The Balaban J connectivity index is 2.51. The second-order valence-electron chi connectivity index (χ2n) is 9.43. The maximum Gasteiger partial charge on any atom is 0.408 e. The first-order valence-electron chi connectivity index (χ1n) is 11.6. The lowest BCUT2D eigenvalue weighted by atomic mass is 10.0. The molecule has 0 bridgehead atoms. The Kier molecular flexibility index (Phi) is 10.2. The standard InChI is InChI=1S/C28H32N4O4S/c1-7-20-11-13-21(14-12-20)24(25(33)31-23-18(2)9-8-10-19(23)3)32(16-15-29)26(34)22(17-37)30-27(35)36-28(4,5)6/h1,8-14,22,24,37H,16-17H2,2-6H3,(H,30,35)(H,31,33). The van der Waals surface area contributed by atoms with E-state index in [0.717, 1.165) is 16.0 Å². The van der Waals surface area contributed by atoms with Crippen molar-refractivity contribution >= 4 is 36.2 Å². The number of alkyl carbamates (subject to hydrolysis) is 1. The van der Waals surface area contributed by atoms with Gasteiger partial charge in [0.2, 0.25) is 5.91 Å². The number of hydrogen-bond donors (Lipinski definition) is 3. The van der Waals surface area contributed by atoms with Crippen LogP contribution in [0.25, 0.3) is 0 Å². The van der Waals surface area contributed by atoms with Gasteiger partial charge in [0.05, 0.1) is 6.07 Å². The van der Waals surface area contributed by atoms with Crippen LogP contribution >= 0.6 is 12.6 Å². The summed E-state index contributed by atoms with van der Waals surface area (Å²) in [7, 11) is 0. The number of ether oxygens (including phenoxy) is 1. The number of anilines is 1. The van der Waals surface area contributed by atoms with E-state index in [-0.39, 0.29) is 5.75 Å². The first-order chi connectivity index (χ1) is 17.4. The van der Waals surface area contributed by atoms with Crippen molar-refractivity contribution in [2.75, 3.05) is 17.6 Å². The Labute approximate surface area is 223 Å². The van der Waals surface area contributed by atoms with Gasteiger partial charge in [-0.3, -0.25) is 9.59 Å². The zero-order valence-electron chi connectivity index (χ0n) is 21.7. The van der Waals surface area contributed by atoms with Crippen molar-refractivity contribution in [1.82, 2.24) is 10.2 Å². The van der Waals surface area contributed by atoms with Gasteiger partial charge in [-0.2, -0.15) is 17.9 Å². The van der Waals surface area contributed by atoms with E-state index in [1.54, 1.807) is 45.0 Å². The molecular weight excluding hydrogens is 488 g/mol. The molecule has 0 heterocycles. The molecule has 2 unspecified atom stereocenters. The van der Waals surface area contributed by atoms with Gasteiger partial charge in [0.1, 0.15) is 24.2 Å². The van der Waals surface area contributed by atoms with E-state index in [1.807, 2.05) is 38.1 Å². The van der Waals surface area contributed by atoms with E-state index < -0.39 is 42.1 Å². The number of amides is 3. The number of carbonyl (C=O) groups is 3. The van der Waals surface area contributed by atoms with Crippen molar-refractivity contribution in [2.45, 2.75) is 52.3 Å². The highest BCUT2D eigenvalue weighted by Crippen LogP contribution is 2.27. The van der Waals surface area contributed by atoms with Gasteiger partial charge < -0.3 is 20.3 Å². The molecule has 0 aromatic heterocycles. The largest absolute Gasteiger partial charge is 0.444 e. The molecule has 3 amide bonds. The monoisotopic (exact) mass is 520 g/mol. The average molecular weight is 521 g/mol. The Morgan fingerprint density at radius 2 is 1.70 bits per heavy atom. The zero-order valence-corrected chi connectivity index (χ0v) is 22.6. The number of terminal acetylenes is 1. The van der Waals surface area contributed by atoms with Crippen LogP contribution < -0.4 is 10.6 Å². The Morgan fingerprint density at radius 3 is 2.19 bits per heavy atom. The molecule has 9 heteroatoms. The normalized spacial score (nSPS) is 12.3. The van der Waals surface area contributed by atoms with Gasteiger partial charge in [-0.1, -0.05) is 36.3 Å². The number of carbonyl (C=O) groups excluding carboxylic acids is 3. The van der Waals surface area contributed by atoms with Gasteiger partial charge in [0, 0.05) is 17.0 Å². The number of benzene rings is 2. The van der Waals surface area contributed by atoms with Gasteiger partial charge >= 0.3 is 6.09 Å². The molecule has 2 rings (SSSR count). The quantitative estimate of drug-likeness (QED) is 0.275. The molecule has 37 heavy (non-hydrogen) atoms. The highest BCUT2D eigenvalue weighted by atomic mass is 32.1. The minimum absolute atomic E-state index is 0.0821. The number of thiol groups is 1. The van der Waals surface area contributed by atoms with E-state index in [4.69, 9.17) is 11.2 Å². The summed E-state index contributed by atoms with van der Waals surface area (Å²) in [5.74, 6) is 1.25. The van der Waals surface area contributed by atoms with Crippen LogP contribution in [0.15, 0.2) is 42.5 Å². The van der Waals surface area contributed by atoms with Crippen LogP contribution in [0.3, 0.4) is 0 Å². The van der Waals surface area contributed by atoms with Crippen molar-refractivity contribution in [1.29, 1.82) is 5.26 Å². The summed E-state index contributed by atoms with van der Waals surface area (Å²) in [6.45, 7) is 8.39. The van der Waals surface area contributed by atoms with Gasteiger partial charge in [-0.25, -0.2) is 4.79 Å². The minimum atomic E-state index is -1.19. The van der Waals surface area contributed by atoms with Gasteiger partial charge in [0.15, 0.2) is 0 Å². The van der Waals surface area contributed by atoms with Crippen LogP contribution in [-0.2, 0) is 14.3 Å². The number of aryl methyl sites for hydroxylation is 2. The fourth-order valence-corrected chi connectivity index (χ4v) is 3.89. The van der Waals surface area contributed by atoms with Crippen LogP contribution in [0.2, 0.25) is 0 Å². The molecule has 0 saturated heterocycles. The molecule has 0 aliphatic heterocycles. The summed E-state index contributed by atoms with van der Waals surface area (Å²) in [6, 6.07) is 11.8. The second-order valence-corrected chi connectivity index (χ2v) is 9.80. The van der Waals surface area contributed by atoms with Crippen LogP contribution in [-0.4, -0.2) is 46.7 Å². The summed E-state index contributed by atoms with van der Waals surface area (Å²) < 4.78 is 5.27.